The van der Waals surface area contributed by atoms with Crippen molar-refractivity contribution in [3.05, 3.63) is 35.4 Å². The van der Waals surface area contributed by atoms with Crippen LogP contribution in [0, 0.1) is 5.92 Å². The van der Waals surface area contributed by atoms with Crippen molar-refractivity contribution in [2.75, 3.05) is 6.54 Å². The fourth-order valence-corrected chi connectivity index (χ4v) is 2.45. The van der Waals surface area contributed by atoms with Crippen molar-refractivity contribution in [1.82, 2.24) is 5.32 Å². The molecule has 0 amide bonds. The normalized spacial score (nSPS) is 30.0. The van der Waals surface area contributed by atoms with Gasteiger partial charge in [0.15, 0.2) is 0 Å². The Hall–Kier alpha value is -1.19. The van der Waals surface area contributed by atoms with E-state index in [1.54, 1.807) is 0 Å². The van der Waals surface area contributed by atoms with Crippen molar-refractivity contribution < 1.29 is 4.79 Å². The molecule has 0 aliphatic carbocycles. The maximum atomic E-state index is 10.7. The van der Waals surface area contributed by atoms with Gasteiger partial charge in [0.1, 0.15) is 6.29 Å². The van der Waals surface area contributed by atoms with Gasteiger partial charge in [-0.3, -0.25) is 4.79 Å². The molecule has 3 N–H and O–H groups in total. The van der Waals surface area contributed by atoms with E-state index in [9.17, 15) is 4.79 Å². The molecule has 16 heavy (non-hydrogen) atoms. The van der Waals surface area contributed by atoms with Crippen LogP contribution in [0.2, 0.25) is 0 Å². The summed E-state index contributed by atoms with van der Waals surface area (Å²) in [5.74, 6) is 0.505. The molecule has 2 rings (SSSR count). The molecule has 3 atom stereocenters. The van der Waals surface area contributed by atoms with Gasteiger partial charge in [0.25, 0.3) is 0 Å². The number of nitrogens with two attached hydrogens (primary N) is 1. The van der Waals surface area contributed by atoms with Gasteiger partial charge in [-0.1, -0.05) is 25.1 Å². The highest BCUT2D eigenvalue weighted by molar-refractivity contribution is 5.75. The van der Waals surface area contributed by atoms with Crippen LogP contribution in [0.5, 0.6) is 0 Å². The molecule has 1 fully saturated rings. The molecule has 1 aliphatic heterocycles. The Morgan fingerprint density at radius 1 is 1.50 bits per heavy atom. The average Bonchev–Trinajstić information content (AvgIpc) is 2.29. The van der Waals surface area contributed by atoms with Crippen LogP contribution in [0.3, 0.4) is 0 Å². The molecule has 1 saturated heterocycles. The lowest BCUT2D eigenvalue weighted by molar-refractivity contribution is 0.112. The summed E-state index contributed by atoms with van der Waals surface area (Å²) in [6.45, 7) is 3.05. The van der Waals surface area contributed by atoms with Crippen molar-refractivity contribution in [3.63, 3.8) is 0 Å². The summed E-state index contributed by atoms with van der Waals surface area (Å²) < 4.78 is 0. The van der Waals surface area contributed by atoms with Crippen LogP contribution in [-0.2, 0) is 0 Å². The maximum absolute atomic E-state index is 10.7. The molecule has 1 aromatic carbocycles. The minimum Gasteiger partial charge on any atom is -0.327 e. The van der Waals surface area contributed by atoms with Gasteiger partial charge in [0.2, 0.25) is 0 Å². The third kappa shape index (κ3) is 2.31. The monoisotopic (exact) mass is 218 g/mol. The molecule has 3 heteroatoms. The van der Waals surface area contributed by atoms with Gasteiger partial charge in [-0.15, -0.1) is 0 Å². The van der Waals surface area contributed by atoms with Crippen molar-refractivity contribution in [1.29, 1.82) is 0 Å². The molecule has 3 nitrogen and oxygen atoms in total. The van der Waals surface area contributed by atoms with Gasteiger partial charge >= 0.3 is 0 Å². The predicted molar refractivity (Wildman–Crippen MR) is 64.3 cm³/mol. The molecule has 0 saturated carbocycles. The first-order valence-electron chi connectivity index (χ1n) is 5.75. The Kier molecular flexibility index (Phi) is 3.36. The Morgan fingerprint density at radius 2 is 2.31 bits per heavy atom. The number of nitrogens with one attached hydrogen (secondary N) is 1. The second kappa shape index (κ2) is 4.76. The third-order valence-electron chi connectivity index (χ3n) is 3.25. The quantitative estimate of drug-likeness (QED) is 0.740. The summed E-state index contributed by atoms with van der Waals surface area (Å²) in [4.78, 5) is 10.7. The molecule has 1 aromatic rings. The molecule has 1 heterocycles. The number of piperidine rings is 1. The Balaban J connectivity index is 2.19. The summed E-state index contributed by atoms with van der Waals surface area (Å²) in [6, 6.07) is 8.36. The molecule has 1 aliphatic rings. The number of carbonyl (C=O) groups is 1. The van der Waals surface area contributed by atoms with Crippen LogP contribution in [-0.4, -0.2) is 18.9 Å². The van der Waals surface area contributed by atoms with Gasteiger partial charge in [-0.05, 0) is 24.0 Å². The molecule has 3 unspecified atom stereocenters. The smallest absolute Gasteiger partial charge is 0.150 e. The van der Waals surface area contributed by atoms with Gasteiger partial charge in [0.05, 0.1) is 0 Å². The largest absolute Gasteiger partial charge is 0.327 e. The average molecular weight is 218 g/mol. The molecule has 0 bridgehead atoms. The van der Waals surface area contributed by atoms with Gasteiger partial charge in [-0.25, -0.2) is 0 Å². The number of aldehydes is 1. The van der Waals surface area contributed by atoms with Crippen LogP contribution in [0.25, 0.3) is 0 Å². The van der Waals surface area contributed by atoms with Crippen LogP contribution in [0.1, 0.15) is 35.3 Å². The van der Waals surface area contributed by atoms with Crippen LogP contribution < -0.4 is 11.1 Å². The molecule has 0 aromatic heterocycles. The molecule has 0 radical (unpaired) electrons. The Labute approximate surface area is 96.0 Å². The number of carbonyl (C=O) groups excluding carboxylic acids is 1. The molecule has 86 valence electrons. The highest BCUT2D eigenvalue weighted by atomic mass is 16.1. The lowest BCUT2D eigenvalue weighted by atomic mass is 9.85. The summed E-state index contributed by atoms with van der Waals surface area (Å²) in [5, 5.41) is 3.45. The second-order valence-corrected chi connectivity index (χ2v) is 4.65. The zero-order chi connectivity index (χ0) is 11.5. The Bertz CT molecular complexity index is 378. The minimum absolute atomic E-state index is 0.250. The van der Waals surface area contributed by atoms with Crippen LogP contribution >= 0.6 is 0 Å². The number of benzene rings is 1. The van der Waals surface area contributed by atoms with E-state index in [4.69, 9.17) is 5.73 Å². The van der Waals surface area contributed by atoms with E-state index in [-0.39, 0.29) is 6.04 Å². The van der Waals surface area contributed by atoms with Gasteiger partial charge < -0.3 is 11.1 Å². The number of hydrogen-bond donors (Lipinski definition) is 2. The predicted octanol–water partition coefficient (Wildman–Crippen LogP) is 1.50. The van der Waals surface area contributed by atoms with E-state index in [1.807, 2.05) is 18.2 Å². The number of hydrogen-bond acceptors (Lipinski definition) is 3. The minimum atomic E-state index is 0.250. The van der Waals surface area contributed by atoms with Gasteiger partial charge in [-0.2, -0.15) is 0 Å². The highest BCUT2D eigenvalue weighted by Gasteiger charge is 2.26. The first-order chi connectivity index (χ1) is 7.70. The molecular formula is C13H18N2O. The SMILES string of the molecule is CC1CC(N)CNC1c1cccc(C=O)c1. The van der Waals surface area contributed by atoms with Crippen molar-refractivity contribution in [2.24, 2.45) is 11.7 Å². The first kappa shape index (κ1) is 11.3. The Morgan fingerprint density at radius 3 is 3.00 bits per heavy atom. The standard InChI is InChI=1S/C13H18N2O/c1-9-5-12(14)7-15-13(9)11-4-2-3-10(6-11)8-16/h2-4,6,8-9,12-13,15H,5,7,14H2,1H3. The van der Waals surface area contributed by atoms with Crippen molar-refractivity contribution in [2.45, 2.75) is 25.4 Å². The number of rotatable bonds is 2. The van der Waals surface area contributed by atoms with Crippen LogP contribution in [0.15, 0.2) is 24.3 Å². The van der Waals surface area contributed by atoms with E-state index < -0.39 is 0 Å². The summed E-state index contributed by atoms with van der Waals surface area (Å²) in [7, 11) is 0. The zero-order valence-corrected chi connectivity index (χ0v) is 9.52. The summed E-state index contributed by atoms with van der Waals surface area (Å²) in [6.07, 6.45) is 1.92. The lowest BCUT2D eigenvalue weighted by Crippen LogP contribution is -2.45. The van der Waals surface area contributed by atoms with E-state index in [1.165, 1.54) is 5.56 Å². The third-order valence-corrected chi connectivity index (χ3v) is 3.25. The fourth-order valence-electron chi connectivity index (χ4n) is 2.45. The first-order valence-corrected chi connectivity index (χ1v) is 5.75. The maximum Gasteiger partial charge on any atom is 0.150 e. The van der Waals surface area contributed by atoms with E-state index in [2.05, 4.69) is 18.3 Å². The van der Waals surface area contributed by atoms with Crippen molar-refractivity contribution >= 4 is 6.29 Å². The topological polar surface area (TPSA) is 55.1 Å². The zero-order valence-electron chi connectivity index (χ0n) is 9.52. The van der Waals surface area contributed by atoms with E-state index in [0.29, 0.717) is 12.0 Å². The molecule has 0 spiro atoms. The highest BCUT2D eigenvalue weighted by Crippen LogP contribution is 2.28. The van der Waals surface area contributed by atoms with Crippen molar-refractivity contribution in [3.8, 4) is 0 Å². The van der Waals surface area contributed by atoms with Crippen LogP contribution in [0.4, 0.5) is 0 Å². The lowest BCUT2D eigenvalue weighted by Gasteiger charge is -2.34. The van der Waals surface area contributed by atoms with E-state index >= 15 is 0 Å². The van der Waals surface area contributed by atoms with Gasteiger partial charge in [0, 0.05) is 24.2 Å². The fraction of sp³-hybridized carbons (Fsp3) is 0.462. The molecular weight excluding hydrogens is 200 g/mol. The summed E-state index contributed by atoms with van der Waals surface area (Å²) >= 11 is 0. The second-order valence-electron chi connectivity index (χ2n) is 4.65. The van der Waals surface area contributed by atoms with E-state index in [0.717, 1.165) is 24.8 Å². The summed E-state index contributed by atoms with van der Waals surface area (Å²) in [5.41, 5.74) is 7.82.